The Morgan fingerprint density at radius 3 is 2.77 bits per heavy atom. The summed E-state index contributed by atoms with van der Waals surface area (Å²) in [6.07, 6.45) is 26.4. The first kappa shape index (κ1) is 22.6. The van der Waals surface area contributed by atoms with E-state index in [4.69, 9.17) is 4.42 Å². The number of fused-ring (bicyclic) bond motifs is 6. The summed E-state index contributed by atoms with van der Waals surface area (Å²) >= 11 is 0. The second-order valence-corrected chi connectivity index (χ2v) is 11.0. The van der Waals surface area contributed by atoms with E-state index in [0.29, 0.717) is 12.1 Å². The van der Waals surface area contributed by atoms with E-state index >= 15 is 0 Å². The minimum absolute atomic E-state index is 0.198. The summed E-state index contributed by atoms with van der Waals surface area (Å²) in [4.78, 5) is 6.97. The van der Waals surface area contributed by atoms with Gasteiger partial charge in [-0.25, -0.2) is 0 Å². The fraction of sp³-hybridized carbons (Fsp3) is 0.257. The van der Waals surface area contributed by atoms with Crippen molar-refractivity contribution in [2.45, 2.75) is 50.5 Å². The summed E-state index contributed by atoms with van der Waals surface area (Å²) in [5.41, 5.74) is 12.0. The molecule has 0 saturated carbocycles. The van der Waals surface area contributed by atoms with Crippen LogP contribution in [-0.2, 0) is 6.42 Å². The van der Waals surface area contributed by atoms with E-state index in [1.54, 1.807) is 6.21 Å². The molecular weight excluding hydrogens is 478 g/mol. The lowest BCUT2D eigenvalue weighted by atomic mass is 9.82. The highest BCUT2D eigenvalue weighted by Gasteiger charge is 2.45. The van der Waals surface area contributed by atoms with Gasteiger partial charge in [-0.05, 0) is 79.0 Å². The molecule has 3 heterocycles. The quantitative estimate of drug-likeness (QED) is 0.425. The Balaban J connectivity index is 1.21. The molecule has 6 aliphatic rings. The van der Waals surface area contributed by atoms with Gasteiger partial charge in [-0.1, -0.05) is 54.7 Å². The van der Waals surface area contributed by atoms with Gasteiger partial charge in [-0.2, -0.15) is 5.26 Å². The first-order valence-electron chi connectivity index (χ1n) is 14.2. The number of allylic oxidation sites excluding steroid dienone is 8. The second kappa shape index (κ2) is 8.85. The first-order valence-corrected chi connectivity index (χ1v) is 14.2. The van der Waals surface area contributed by atoms with Crippen molar-refractivity contribution < 1.29 is 4.42 Å². The molecule has 8 rings (SSSR count). The van der Waals surface area contributed by atoms with E-state index in [1.807, 2.05) is 0 Å². The van der Waals surface area contributed by atoms with E-state index < -0.39 is 0 Å². The number of hydrogen-bond acceptors (Lipinski definition) is 4. The summed E-state index contributed by atoms with van der Waals surface area (Å²) in [6.45, 7) is 0.583. The highest BCUT2D eigenvalue weighted by Crippen LogP contribution is 2.52. The van der Waals surface area contributed by atoms with Crippen LogP contribution in [0.3, 0.4) is 0 Å². The fourth-order valence-electron chi connectivity index (χ4n) is 7.26. The Morgan fingerprint density at radius 1 is 0.974 bits per heavy atom. The van der Waals surface area contributed by atoms with Gasteiger partial charge in [0.2, 0.25) is 0 Å². The van der Waals surface area contributed by atoms with E-state index in [-0.39, 0.29) is 12.0 Å². The standard InChI is InChI=1S/C35H29N3O/c36-19-23-20-37-21-30(23)26-11-2-1-10-25(26)22-8-7-9-24(18-22)38-31-14-5-3-13-29(31)34-32(38)17-16-28-27-12-4-6-15-33(27)39-35(28)34/h3,6-11,13,15-18,20,32,34H,1-2,4-5,12,14,21H2. The van der Waals surface area contributed by atoms with Gasteiger partial charge >= 0.3 is 0 Å². The Bertz CT molecular complexity index is 1710. The van der Waals surface area contributed by atoms with Gasteiger partial charge in [0.05, 0.1) is 24.1 Å². The topological polar surface area (TPSA) is 52.5 Å². The third-order valence-corrected chi connectivity index (χ3v) is 8.95. The molecule has 4 heteroatoms. The smallest absolute Gasteiger partial charge is 0.130 e. The van der Waals surface area contributed by atoms with Gasteiger partial charge in [-0.3, -0.25) is 4.99 Å². The van der Waals surface area contributed by atoms with Gasteiger partial charge in [0.15, 0.2) is 0 Å². The van der Waals surface area contributed by atoms with E-state index in [2.05, 4.69) is 88.8 Å². The maximum absolute atomic E-state index is 9.67. The number of anilines is 1. The van der Waals surface area contributed by atoms with Crippen LogP contribution >= 0.6 is 0 Å². The van der Waals surface area contributed by atoms with Crippen molar-refractivity contribution in [2.24, 2.45) is 4.99 Å². The molecule has 2 unspecified atom stereocenters. The zero-order valence-electron chi connectivity index (χ0n) is 21.9. The lowest BCUT2D eigenvalue weighted by Crippen LogP contribution is -2.33. The Kier molecular flexibility index (Phi) is 5.13. The van der Waals surface area contributed by atoms with Crippen molar-refractivity contribution in [3.63, 3.8) is 0 Å². The number of hydrogen-bond donors (Lipinski definition) is 0. The van der Waals surface area contributed by atoms with E-state index in [1.165, 1.54) is 44.8 Å². The number of aliphatic imine (C=N–C) groups is 1. The molecule has 1 aromatic heterocycles. The zero-order valence-corrected chi connectivity index (χ0v) is 21.9. The van der Waals surface area contributed by atoms with Crippen molar-refractivity contribution in [3.05, 3.63) is 117 Å². The molecule has 190 valence electrons. The molecule has 0 fully saturated rings. The van der Waals surface area contributed by atoms with Gasteiger partial charge in [-0.15, -0.1) is 0 Å². The highest BCUT2D eigenvalue weighted by atomic mass is 16.3. The lowest BCUT2D eigenvalue weighted by molar-refractivity contribution is 0.465. The van der Waals surface area contributed by atoms with Crippen molar-refractivity contribution >= 4 is 29.6 Å². The van der Waals surface area contributed by atoms with Gasteiger partial charge in [0, 0.05) is 34.3 Å². The molecule has 1 aromatic carbocycles. The van der Waals surface area contributed by atoms with Crippen LogP contribution in [0, 0.1) is 11.3 Å². The molecule has 0 saturated heterocycles. The monoisotopic (exact) mass is 507 g/mol. The molecule has 0 spiro atoms. The van der Waals surface area contributed by atoms with Crippen LogP contribution in [0.1, 0.15) is 66.2 Å². The molecular formula is C35H29N3O. The summed E-state index contributed by atoms with van der Waals surface area (Å²) in [5.74, 6) is 2.39. The van der Waals surface area contributed by atoms with Crippen LogP contribution in [0.2, 0.25) is 0 Å². The van der Waals surface area contributed by atoms with Gasteiger partial charge < -0.3 is 9.32 Å². The van der Waals surface area contributed by atoms with E-state index in [0.717, 1.165) is 55.6 Å². The van der Waals surface area contributed by atoms with Crippen LogP contribution in [0.15, 0.2) is 98.1 Å². The second-order valence-electron chi connectivity index (χ2n) is 11.0. The molecule has 2 aromatic rings. The molecule has 4 aliphatic carbocycles. The third-order valence-electron chi connectivity index (χ3n) is 8.95. The summed E-state index contributed by atoms with van der Waals surface area (Å²) in [6, 6.07) is 11.5. The van der Waals surface area contributed by atoms with E-state index in [9.17, 15) is 5.26 Å². The van der Waals surface area contributed by atoms with Crippen molar-refractivity contribution in [1.82, 2.24) is 0 Å². The molecule has 39 heavy (non-hydrogen) atoms. The predicted octanol–water partition coefficient (Wildman–Crippen LogP) is 7.85. The summed E-state index contributed by atoms with van der Waals surface area (Å²) < 4.78 is 6.59. The van der Waals surface area contributed by atoms with Gasteiger partial charge in [0.1, 0.15) is 17.6 Å². The number of nitrogens with zero attached hydrogens (tertiary/aromatic N) is 3. The minimum atomic E-state index is 0.198. The van der Waals surface area contributed by atoms with Crippen molar-refractivity contribution in [3.8, 4) is 6.07 Å². The van der Waals surface area contributed by atoms with Crippen LogP contribution in [0.25, 0.3) is 17.7 Å². The molecule has 0 amide bonds. The third kappa shape index (κ3) is 3.39. The SMILES string of the molecule is N#CC1=C(C2=CCCC=C2c2cccc(N3C4=C(C=CCC4)C4c5oc6c(c5C=CC43)CCC=C6)c2)CN=C1. The van der Waals surface area contributed by atoms with Crippen LogP contribution in [-0.4, -0.2) is 18.8 Å². The minimum Gasteiger partial charge on any atom is -0.460 e. The van der Waals surface area contributed by atoms with Gasteiger partial charge in [0.25, 0.3) is 0 Å². The Hall–Kier alpha value is -4.36. The normalized spacial score (nSPS) is 24.3. The fourth-order valence-corrected chi connectivity index (χ4v) is 7.26. The van der Waals surface area contributed by atoms with Crippen molar-refractivity contribution in [1.29, 1.82) is 5.26 Å². The number of benzene rings is 1. The van der Waals surface area contributed by atoms with Crippen LogP contribution in [0.4, 0.5) is 5.69 Å². The first-order chi connectivity index (χ1) is 19.3. The molecule has 2 aliphatic heterocycles. The lowest BCUT2D eigenvalue weighted by Gasteiger charge is -2.32. The number of rotatable bonds is 3. The van der Waals surface area contributed by atoms with Crippen LogP contribution in [0.5, 0.6) is 0 Å². The molecule has 2 atom stereocenters. The van der Waals surface area contributed by atoms with Crippen LogP contribution < -0.4 is 4.90 Å². The molecule has 0 N–H and O–H groups in total. The number of furan rings is 1. The molecule has 0 radical (unpaired) electrons. The number of nitriles is 1. The average Bonchev–Trinajstić information content (AvgIpc) is 3.70. The molecule has 4 nitrogen and oxygen atoms in total. The Morgan fingerprint density at radius 2 is 1.85 bits per heavy atom. The highest BCUT2D eigenvalue weighted by molar-refractivity contribution is 5.95. The maximum atomic E-state index is 9.67. The largest absolute Gasteiger partial charge is 0.460 e. The van der Waals surface area contributed by atoms with Crippen molar-refractivity contribution in [2.75, 3.05) is 11.4 Å². The zero-order chi connectivity index (χ0) is 25.9. The summed E-state index contributed by atoms with van der Waals surface area (Å²) in [7, 11) is 0. The molecule has 0 bridgehead atoms. The maximum Gasteiger partial charge on any atom is 0.130 e. The summed E-state index contributed by atoms with van der Waals surface area (Å²) in [5, 5.41) is 9.67. The average molecular weight is 508 g/mol. The Labute approximate surface area is 229 Å². The predicted molar refractivity (Wildman–Crippen MR) is 157 cm³/mol.